The number of aliphatic imine (C=N–C) groups is 6. The molecule has 0 aliphatic heterocycles. The molecule has 12 atom stereocenters. The summed E-state index contributed by atoms with van der Waals surface area (Å²) in [6.45, 7) is 22.3. The number of phenolic OH excluding ortho intramolecular Hbond substituents is 6. The number of halogens is 12. The van der Waals surface area contributed by atoms with Gasteiger partial charge in [-0.05, 0) is 173 Å². The Morgan fingerprint density at radius 1 is 0.317 bits per heavy atom. The van der Waals surface area contributed by atoms with Gasteiger partial charge in [0.1, 0.15) is 34.5 Å². The zero-order valence-corrected chi connectivity index (χ0v) is 83.9. The summed E-state index contributed by atoms with van der Waals surface area (Å²) in [5.41, 5.74) is 10.3. The maximum absolute atomic E-state index is 9.76. The minimum atomic E-state index is -0.826. The Morgan fingerprint density at radius 3 is 0.635 bits per heavy atom. The van der Waals surface area contributed by atoms with Crippen molar-refractivity contribution in [2.45, 2.75) is 163 Å². The van der Waals surface area contributed by atoms with Crippen LogP contribution in [0.5, 0.6) is 34.5 Å². The predicted molar refractivity (Wildman–Crippen MR) is 425 cm³/mol. The maximum atomic E-state index is 9.76. The van der Waals surface area contributed by atoms with E-state index in [2.05, 4.69) is 64.6 Å². The number of aryl methyl sites for hydroxylation is 6. The molecule has 31 heteroatoms. The Balaban J connectivity index is 0.000000595. The quantitative estimate of drug-likeness (QED) is 0.0582. The van der Waals surface area contributed by atoms with Crippen LogP contribution in [0.1, 0.15) is 146 Å². The van der Waals surface area contributed by atoms with Crippen LogP contribution in [0, 0.1) is 71.1 Å². The molecule has 6 N–H and O–H groups in total. The number of ether oxygens (including phenoxy) is 1. The van der Waals surface area contributed by atoms with Crippen molar-refractivity contribution in [3.63, 3.8) is 0 Å². The number of phenols is 6. The van der Waals surface area contributed by atoms with E-state index >= 15 is 0 Å². The van der Waals surface area contributed by atoms with Crippen LogP contribution >= 0.6 is 102 Å². The Kier molecular flexibility index (Phi) is 59.8. The summed E-state index contributed by atoms with van der Waals surface area (Å²) < 4.78 is 5.14. The number of hydrogen-bond acceptors (Lipinski definition) is 13. The van der Waals surface area contributed by atoms with Crippen molar-refractivity contribution >= 4 is 139 Å². The minimum absolute atomic E-state index is 0.271. The number of aromatic hydroxyl groups is 6. The average Bonchev–Trinajstić information content (AvgIpc) is 1.70. The summed E-state index contributed by atoms with van der Waals surface area (Å²) in [5.74, 6) is 5.73. The van der Waals surface area contributed by atoms with Gasteiger partial charge in [-0.1, -0.05) is 114 Å². The normalized spacial score (nSPS) is 21.7. The molecule has 0 saturated heterocycles. The van der Waals surface area contributed by atoms with Crippen LogP contribution in [0.3, 0.4) is 0 Å². The molecule has 12 unspecified atom stereocenters. The van der Waals surface area contributed by atoms with Gasteiger partial charge in [-0.3, -0.25) is 30.0 Å². The fourth-order valence-electron chi connectivity index (χ4n) is 9.23. The molecule has 6 fully saturated rings. The second kappa shape index (κ2) is 60.4. The Morgan fingerprint density at radius 2 is 0.490 bits per heavy atom. The van der Waals surface area contributed by atoms with Gasteiger partial charge < -0.3 is 35.4 Å². The van der Waals surface area contributed by atoms with E-state index in [0.29, 0.717) is 64.7 Å². The van der Waals surface area contributed by atoms with E-state index in [1.807, 2.05) is 157 Å². The van der Waals surface area contributed by atoms with Crippen LogP contribution in [-0.2, 0) is 130 Å². The SMILES string of the molecule is CCC1CC1N=Cc1cccc(C)c1O.COC1CC1N=Cc1cccc(C)c1O.Cc1cccc(C=NC2CC2C)c1O.Cc1cccc(C=NC2CC2C)c1O.Cc1cccc(C=NC2CC2C)c1O.Cc1cccc(C=NC2CC2C)c1O.[Cl][Zr][Cl].[Cl][Zr][Cl].[Cl][Zr][Cl].[Cl][Zr][Cl].[Cl][Zr][Cl].[Cl][Zr][Cl]. The second-order valence-electron chi connectivity index (χ2n) is 24.8. The van der Waals surface area contributed by atoms with Crippen molar-refractivity contribution in [1.29, 1.82) is 0 Å². The van der Waals surface area contributed by atoms with E-state index < -0.39 is 125 Å². The van der Waals surface area contributed by atoms with Crippen LogP contribution in [-0.4, -0.2) is 117 Å². The van der Waals surface area contributed by atoms with Gasteiger partial charge in [0.15, 0.2) is 0 Å². The molecule has 0 radical (unpaired) electrons. The molecule has 564 valence electrons. The second-order valence-corrected chi connectivity index (χ2v) is 47.2. The Hall–Kier alpha value is 0.879. The first kappa shape index (κ1) is 103. The monoisotopic (exact) mass is 2120 g/mol. The molecule has 6 aromatic carbocycles. The van der Waals surface area contributed by atoms with Crippen LogP contribution in [0.4, 0.5) is 0 Å². The fraction of sp³-hybridized carbons (Fsp3) is 0.425. The Bertz CT molecular complexity index is 3220. The predicted octanol–water partition coefficient (Wildman–Crippen LogP) is 23.2. The van der Waals surface area contributed by atoms with Crippen molar-refractivity contribution in [2.24, 2.45) is 59.5 Å². The first-order valence-corrected chi connectivity index (χ1v) is 70.9. The number of hydrogen-bond donors (Lipinski definition) is 6. The fourth-order valence-corrected chi connectivity index (χ4v) is 9.23. The van der Waals surface area contributed by atoms with Crippen molar-refractivity contribution in [3.05, 3.63) is 176 Å². The molecular formula is C73H92Cl12N6O7Zr6. The van der Waals surface area contributed by atoms with Crippen LogP contribution in [0.2, 0.25) is 0 Å². The molecule has 0 bridgehead atoms. The number of nitrogens with zero attached hydrogens (tertiary/aromatic N) is 6. The van der Waals surface area contributed by atoms with Gasteiger partial charge in [-0.2, -0.15) is 0 Å². The molecule has 0 amide bonds. The number of rotatable bonds is 14. The van der Waals surface area contributed by atoms with Gasteiger partial charge in [0.25, 0.3) is 0 Å². The van der Waals surface area contributed by atoms with E-state index in [1.54, 1.807) is 38.2 Å². The number of benzene rings is 6. The van der Waals surface area contributed by atoms with Gasteiger partial charge in [0.2, 0.25) is 0 Å². The molecule has 13 nitrogen and oxygen atoms in total. The van der Waals surface area contributed by atoms with Gasteiger partial charge in [0.05, 0.1) is 42.4 Å². The van der Waals surface area contributed by atoms with Crippen molar-refractivity contribution < 1.29 is 160 Å². The van der Waals surface area contributed by atoms with E-state index in [-0.39, 0.29) is 12.1 Å². The summed E-state index contributed by atoms with van der Waals surface area (Å²) in [6, 6.07) is 37.0. The average molecular weight is 2140 g/mol. The molecule has 6 aliphatic carbocycles. The molecular weight excluding hydrogens is 2050 g/mol. The Labute approximate surface area is 729 Å². The third kappa shape index (κ3) is 44.5. The molecule has 104 heavy (non-hydrogen) atoms. The standard InChI is InChI=1S/C13H17NO.C12H15NO2.4C12H15NO.12ClH.6Zr/c1-3-10-7-12(10)14-8-11-6-4-5-9(2)13(11)15;1-8-4-3-5-9(12(8)14)7-13-10-6-11(10)15-2;4*1-8-4-3-5-10(12(8)14)7-13-11-6-9(11)2;;;;;;;;;;;;;;;;;;/h4-6,8,10,12,15H,3,7H2,1-2H3;3-5,7,10-11,14H,6H2,1-2H3;4*3-5,7,9,11,14H,6H2,1-2H3;12*1H;;;;;;/q;;;;;;;;;;;;;;;;;;6*+2/p-12. The molecule has 6 aliphatic rings. The van der Waals surface area contributed by atoms with Gasteiger partial charge >= 0.3 is 227 Å². The van der Waals surface area contributed by atoms with E-state index in [1.165, 1.54) is 38.5 Å². The van der Waals surface area contributed by atoms with Crippen LogP contribution < -0.4 is 0 Å². The first-order valence-electron chi connectivity index (χ1n) is 32.9. The summed E-state index contributed by atoms with van der Waals surface area (Å²) in [4.78, 5) is 26.4. The zero-order valence-electron chi connectivity index (χ0n) is 60.0. The van der Waals surface area contributed by atoms with Gasteiger partial charge in [-0.25, -0.2) is 0 Å². The van der Waals surface area contributed by atoms with Crippen LogP contribution in [0.25, 0.3) is 0 Å². The number of para-hydroxylation sites is 6. The molecule has 6 aromatic rings. The van der Waals surface area contributed by atoms with E-state index in [9.17, 15) is 30.6 Å². The van der Waals surface area contributed by atoms with Crippen LogP contribution in [0.15, 0.2) is 139 Å². The van der Waals surface area contributed by atoms with Gasteiger partial charge in [0, 0.05) is 84.2 Å². The summed E-state index contributed by atoms with van der Waals surface area (Å²) >= 11 is -4.95. The molecule has 12 rings (SSSR count). The van der Waals surface area contributed by atoms with Crippen molar-refractivity contribution in [2.75, 3.05) is 7.11 Å². The zero-order chi connectivity index (χ0) is 78.4. The van der Waals surface area contributed by atoms with E-state index in [0.717, 1.165) is 103 Å². The third-order valence-corrected chi connectivity index (χ3v) is 16.7. The first-order chi connectivity index (χ1) is 49.7. The topological polar surface area (TPSA) is 205 Å². The van der Waals surface area contributed by atoms with E-state index in [4.69, 9.17) is 107 Å². The molecule has 6 saturated carbocycles. The molecule has 0 aromatic heterocycles. The van der Waals surface area contributed by atoms with Crippen molar-refractivity contribution in [3.8, 4) is 34.5 Å². The molecule has 0 spiro atoms. The number of methoxy groups -OCH3 is 1. The molecule has 0 heterocycles. The summed E-state index contributed by atoms with van der Waals surface area (Å²) in [5, 5.41) is 58.3. The van der Waals surface area contributed by atoms with Gasteiger partial charge in [-0.15, -0.1) is 0 Å². The third-order valence-electron chi connectivity index (χ3n) is 16.7. The summed E-state index contributed by atoms with van der Waals surface area (Å²) in [7, 11) is 60.9. The van der Waals surface area contributed by atoms with Crippen molar-refractivity contribution in [1.82, 2.24) is 0 Å². The summed E-state index contributed by atoms with van der Waals surface area (Å²) in [6.07, 6.45) is 19.1.